The molecule has 1 aliphatic rings. The van der Waals surface area contributed by atoms with Crippen LogP contribution >= 0.6 is 11.6 Å². The molecule has 0 saturated carbocycles. The smallest absolute Gasteiger partial charge is 0.179 e. The number of anilines is 2. The average Bonchev–Trinajstić information content (AvgIpc) is 3.64. The summed E-state index contributed by atoms with van der Waals surface area (Å²) in [5.41, 5.74) is 4.26. The van der Waals surface area contributed by atoms with E-state index in [0.29, 0.717) is 35.4 Å². The van der Waals surface area contributed by atoms with Gasteiger partial charge in [-0.1, -0.05) is 43.4 Å². The van der Waals surface area contributed by atoms with Crippen molar-refractivity contribution in [2.24, 2.45) is 0 Å². The fraction of sp³-hybridized carbons (Fsp3) is 0.375. The summed E-state index contributed by atoms with van der Waals surface area (Å²) in [6, 6.07) is 12.0. The van der Waals surface area contributed by atoms with E-state index in [2.05, 4.69) is 56.9 Å². The van der Waals surface area contributed by atoms with Gasteiger partial charge in [0.15, 0.2) is 34.7 Å². The third-order valence-corrected chi connectivity index (χ3v) is 9.68. The molecule has 4 heterocycles. The number of benzene rings is 2. The lowest BCUT2D eigenvalue weighted by Crippen LogP contribution is -2.35. The first-order valence-electron chi connectivity index (χ1n) is 15.2. The molecule has 0 amide bonds. The van der Waals surface area contributed by atoms with E-state index in [-0.39, 0.29) is 23.1 Å². The number of halogens is 2. The van der Waals surface area contributed by atoms with Crippen LogP contribution in [0.15, 0.2) is 48.8 Å². The van der Waals surface area contributed by atoms with Crippen molar-refractivity contribution in [3.05, 3.63) is 65.2 Å². The number of hydrogen-bond donors (Lipinski definition) is 2. The van der Waals surface area contributed by atoms with Gasteiger partial charge in [-0.15, -0.1) is 0 Å². The Kier molecular flexibility index (Phi) is 9.66. The number of hydrogen-bond acceptors (Lipinski definition) is 9. The molecule has 0 aliphatic carbocycles. The average molecular weight is 665 g/mol. The molecule has 242 valence electrons. The van der Waals surface area contributed by atoms with Gasteiger partial charge >= 0.3 is 0 Å². The minimum Gasteiger partial charge on any atom is -0.491 e. The summed E-state index contributed by atoms with van der Waals surface area (Å²) in [7, 11) is 0.273. The Labute approximate surface area is 273 Å². The molecule has 1 fully saturated rings. The molecule has 46 heavy (non-hydrogen) atoms. The summed E-state index contributed by atoms with van der Waals surface area (Å²) in [5.74, 6) is 0.837. The van der Waals surface area contributed by atoms with E-state index in [1.807, 2.05) is 12.3 Å². The molecule has 11 nitrogen and oxygen atoms in total. The zero-order valence-electron chi connectivity index (χ0n) is 26.4. The predicted molar refractivity (Wildman–Crippen MR) is 180 cm³/mol. The van der Waals surface area contributed by atoms with Crippen LogP contribution < -0.4 is 10.1 Å². The summed E-state index contributed by atoms with van der Waals surface area (Å²) >= 11 is 6.04. The van der Waals surface area contributed by atoms with Gasteiger partial charge in [0.1, 0.15) is 6.73 Å². The molecule has 2 aromatic carbocycles. The normalized spacial score (nSPS) is 14.2. The molecule has 0 bridgehead atoms. The zero-order chi connectivity index (χ0) is 32.3. The van der Waals surface area contributed by atoms with Crippen LogP contribution in [0.4, 0.5) is 15.9 Å². The highest BCUT2D eigenvalue weighted by Crippen LogP contribution is 2.34. The minimum absolute atomic E-state index is 0.0119. The fourth-order valence-electron chi connectivity index (χ4n) is 5.11. The molecule has 0 radical (unpaired) electrons. The van der Waals surface area contributed by atoms with Crippen LogP contribution in [0.1, 0.15) is 5.56 Å². The van der Waals surface area contributed by atoms with Crippen LogP contribution in [-0.2, 0) is 22.7 Å². The maximum atomic E-state index is 14.9. The number of rotatable bonds is 12. The summed E-state index contributed by atoms with van der Waals surface area (Å²) in [4.78, 5) is 19.7. The molecule has 1 saturated heterocycles. The number of H-pyrrole nitrogens is 1. The molecule has 0 spiro atoms. The Morgan fingerprint density at radius 2 is 1.96 bits per heavy atom. The molecule has 1 aliphatic heterocycles. The highest BCUT2D eigenvalue weighted by Gasteiger charge is 2.21. The number of morpholine rings is 1. The first kappa shape index (κ1) is 32.1. The molecule has 14 heteroatoms. The highest BCUT2D eigenvalue weighted by atomic mass is 35.5. The monoisotopic (exact) mass is 664 g/mol. The van der Waals surface area contributed by atoms with Gasteiger partial charge in [-0.05, 0) is 35.9 Å². The van der Waals surface area contributed by atoms with Gasteiger partial charge in [-0.25, -0.2) is 24.0 Å². The Hall–Kier alpha value is -3.88. The quantitative estimate of drug-likeness (QED) is 0.113. The van der Waals surface area contributed by atoms with Crippen molar-refractivity contribution < 1.29 is 18.6 Å². The van der Waals surface area contributed by atoms with Gasteiger partial charge < -0.3 is 24.5 Å². The van der Waals surface area contributed by atoms with Crippen LogP contribution in [0, 0.1) is 5.82 Å². The first-order valence-corrected chi connectivity index (χ1v) is 19.3. The van der Waals surface area contributed by atoms with Crippen LogP contribution in [0.2, 0.25) is 30.7 Å². The molecule has 6 rings (SSSR count). The van der Waals surface area contributed by atoms with Gasteiger partial charge in [-0.3, -0.25) is 4.90 Å². The lowest BCUT2D eigenvalue weighted by molar-refractivity contribution is 0.0342. The molecular formula is C32H38ClFN8O3Si. The molecule has 3 aromatic heterocycles. The van der Waals surface area contributed by atoms with E-state index in [9.17, 15) is 4.39 Å². The van der Waals surface area contributed by atoms with Crippen molar-refractivity contribution in [1.82, 2.24) is 34.6 Å². The lowest BCUT2D eigenvalue weighted by Gasteiger charge is -2.26. The van der Waals surface area contributed by atoms with E-state index in [4.69, 9.17) is 35.9 Å². The maximum absolute atomic E-state index is 14.9. The van der Waals surface area contributed by atoms with Gasteiger partial charge in [0.05, 0.1) is 60.0 Å². The maximum Gasteiger partial charge on any atom is 0.179 e. The predicted octanol–water partition coefficient (Wildman–Crippen LogP) is 6.57. The number of fused-ring (bicyclic) bond motifs is 1. The second-order valence-corrected chi connectivity index (χ2v) is 18.5. The van der Waals surface area contributed by atoms with Gasteiger partial charge in [0, 0.05) is 34.3 Å². The molecule has 0 unspecified atom stereocenters. The van der Waals surface area contributed by atoms with Crippen LogP contribution in [0.5, 0.6) is 5.75 Å². The van der Waals surface area contributed by atoms with Crippen molar-refractivity contribution in [1.29, 1.82) is 0 Å². The Balaban J connectivity index is 1.33. The number of methoxy groups -OCH3 is 1. The largest absolute Gasteiger partial charge is 0.491 e. The van der Waals surface area contributed by atoms with Crippen molar-refractivity contribution in [2.75, 3.05) is 45.3 Å². The third kappa shape index (κ3) is 7.56. The van der Waals surface area contributed by atoms with Crippen LogP contribution in [0.3, 0.4) is 0 Å². The number of nitrogens with one attached hydrogen (secondary N) is 2. The number of nitrogens with zero attached hydrogens (tertiary/aromatic N) is 6. The number of imidazole rings is 1. The summed E-state index contributed by atoms with van der Waals surface area (Å²) in [6.45, 7) is 12.0. The van der Waals surface area contributed by atoms with Crippen molar-refractivity contribution >= 4 is 42.2 Å². The SMILES string of the molecule is COc1cnc(-c2cccc(Cl)c2F)nc1Nc1cn(COCC[Si](C)(C)C)nc1-c1nc2cc(CN3CCOCC3)ccc2[nH]1. The van der Waals surface area contributed by atoms with Gasteiger partial charge in [-0.2, -0.15) is 5.10 Å². The van der Waals surface area contributed by atoms with Crippen molar-refractivity contribution in [2.45, 2.75) is 39.0 Å². The number of ether oxygens (including phenoxy) is 3. The standard InChI is InChI=1S/C32H38ClFN8O3Si/c1-43-27-17-35-30(22-6-5-7-23(33)28(22)34)39-31(27)38-26-19-42(20-45-14-15-46(2,3)4)40-29(26)32-36-24-9-8-21(16-25(24)37-32)18-41-10-12-44-13-11-41/h5-9,16-17,19H,10-15,18,20H2,1-4H3,(H,36,37)(H,35,38,39). The Morgan fingerprint density at radius 1 is 1.13 bits per heavy atom. The van der Waals surface area contributed by atoms with E-state index in [0.717, 1.165) is 49.9 Å². The molecule has 0 atom stereocenters. The zero-order valence-corrected chi connectivity index (χ0v) is 28.2. The summed E-state index contributed by atoms with van der Waals surface area (Å²) in [6.07, 6.45) is 3.33. The highest BCUT2D eigenvalue weighted by molar-refractivity contribution is 6.76. The van der Waals surface area contributed by atoms with E-state index in [1.165, 1.54) is 24.9 Å². The molecule has 5 aromatic rings. The van der Waals surface area contributed by atoms with Gasteiger partial charge in [0.25, 0.3) is 0 Å². The second-order valence-electron chi connectivity index (χ2n) is 12.4. The van der Waals surface area contributed by atoms with E-state index in [1.54, 1.807) is 16.8 Å². The van der Waals surface area contributed by atoms with Crippen LogP contribution in [-0.4, -0.2) is 82.7 Å². The Morgan fingerprint density at radius 3 is 2.74 bits per heavy atom. The Bertz CT molecular complexity index is 1820. The van der Waals surface area contributed by atoms with E-state index >= 15 is 0 Å². The lowest BCUT2D eigenvalue weighted by atomic mass is 10.2. The fourth-order valence-corrected chi connectivity index (χ4v) is 6.04. The second kappa shape index (κ2) is 13.9. The number of aromatic nitrogens is 6. The first-order chi connectivity index (χ1) is 22.2. The van der Waals surface area contributed by atoms with Gasteiger partial charge in [0.2, 0.25) is 0 Å². The van der Waals surface area contributed by atoms with Crippen molar-refractivity contribution in [3.8, 4) is 28.7 Å². The molecule has 2 N–H and O–H groups in total. The third-order valence-electron chi connectivity index (χ3n) is 7.68. The summed E-state index contributed by atoms with van der Waals surface area (Å²) < 4.78 is 33.7. The summed E-state index contributed by atoms with van der Waals surface area (Å²) in [5, 5.41) is 8.17. The minimum atomic E-state index is -1.25. The topological polar surface area (TPSA) is 115 Å². The van der Waals surface area contributed by atoms with Crippen molar-refractivity contribution in [3.63, 3.8) is 0 Å². The van der Waals surface area contributed by atoms with Crippen LogP contribution in [0.25, 0.3) is 33.9 Å². The number of aromatic amines is 1. The van der Waals surface area contributed by atoms with E-state index < -0.39 is 13.9 Å². The molecular weight excluding hydrogens is 627 g/mol.